The lowest BCUT2D eigenvalue weighted by molar-refractivity contribution is 0.926. The molecule has 190 valence electrons. The number of rotatable bonds is 4. The summed E-state index contributed by atoms with van der Waals surface area (Å²) in [5, 5.41) is 3.45. The van der Waals surface area contributed by atoms with Gasteiger partial charge >= 0.3 is 0 Å². The summed E-state index contributed by atoms with van der Waals surface area (Å²) in [4.78, 5) is 14.3. The summed E-state index contributed by atoms with van der Waals surface area (Å²) in [5.41, 5.74) is 8.62. The summed E-state index contributed by atoms with van der Waals surface area (Å²) in [6.45, 7) is 0. The fraction of sp³-hybridized carbons (Fsp3) is 0.0294. The molecule has 0 aliphatic carbocycles. The van der Waals surface area contributed by atoms with E-state index in [1.807, 2.05) is 42.3 Å². The third kappa shape index (κ3) is 3.57. The zero-order valence-electron chi connectivity index (χ0n) is 21.7. The minimum atomic E-state index is 0.922. The van der Waals surface area contributed by atoms with Gasteiger partial charge in [-0.05, 0) is 48.5 Å². The fourth-order valence-electron chi connectivity index (χ4n) is 5.60. The molecule has 0 radical (unpaired) electrons. The van der Waals surface area contributed by atoms with Gasteiger partial charge in [-0.15, -0.1) is 11.3 Å². The number of hydrogen-bond acceptors (Lipinski definition) is 4. The van der Waals surface area contributed by atoms with Gasteiger partial charge in [0.1, 0.15) is 10.8 Å². The molecule has 40 heavy (non-hydrogen) atoms. The second kappa shape index (κ2) is 9.00. The number of thiazole rings is 1. The molecule has 0 bridgehead atoms. The average molecular weight is 534 g/mol. The Morgan fingerprint density at radius 3 is 2.42 bits per heavy atom. The molecule has 0 unspecified atom stereocenters. The van der Waals surface area contributed by atoms with Crippen molar-refractivity contribution in [1.82, 2.24) is 24.1 Å². The molecule has 0 aliphatic heterocycles. The second-order valence-electron chi connectivity index (χ2n) is 9.88. The molecular formula is C34H23N5S. The van der Waals surface area contributed by atoms with E-state index in [1.54, 1.807) is 11.3 Å². The summed E-state index contributed by atoms with van der Waals surface area (Å²) in [5.74, 6) is 0.922. The van der Waals surface area contributed by atoms with Crippen LogP contribution in [0.3, 0.4) is 0 Å². The zero-order chi connectivity index (χ0) is 26.6. The van der Waals surface area contributed by atoms with E-state index in [-0.39, 0.29) is 0 Å². The highest BCUT2D eigenvalue weighted by atomic mass is 32.1. The fourth-order valence-corrected chi connectivity index (χ4v) is 6.59. The number of pyridine rings is 1. The number of hydrogen-bond donors (Lipinski definition) is 0. The summed E-state index contributed by atoms with van der Waals surface area (Å²) in [6.07, 6.45) is 5.64. The van der Waals surface area contributed by atoms with Crippen LogP contribution in [-0.2, 0) is 7.05 Å². The van der Waals surface area contributed by atoms with Crippen molar-refractivity contribution < 1.29 is 0 Å². The second-order valence-corrected chi connectivity index (χ2v) is 10.9. The van der Waals surface area contributed by atoms with Crippen LogP contribution >= 0.6 is 11.3 Å². The Balaban J connectivity index is 1.33. The molecular weight excluding hydrogens is 510 g/mol. The minimum absolute atomic E-state index is 0.922. The first kappa shape index (κ1) is 22.9. The Bertz CT molecular complexity index is 2190. The van der Waals surface area contributed by atoms with Crippen molar-refractivity contribution in [2.75, 3.05) is 0 Å². The predicted molar refractivity (Wildman–Crippen MR) is 165 cm³/mol. The van der Waals surface area contributed by atoms with Gasteiger partial charge in [-0.25, -0.2) is 9.97 Å². The lowest BCUT2D eigenvalue weighted by Crippen LogP contribution is -1.95. The van der Waals surface area contributed by atoms with E-state index in [2.05, 4.69) is 106 Å². The lowest BCUT2D eigenvalue weighted by Gasteiger charge is -2.10. The number of nitrogens with zero attached hydrogens (tertiary/aromatic N) is 5. The van der Waals surface area contributed by atoms with Crippen LogP contribution in [0.4, 0.5) is 0 Å². The lowest BCUT2D eigenvalue weighted by atomic mass is 10.1. The van der Waals surface area contributed by atoms with E-state index in [4.69, 9.17) is 4.98 Å². The van der Waals surface area contributed by atoms with Crippen molar-refractivity contribution in [3.05, 3.63) is 122 Å². The van der Waals surface area contributed by atoms with Crippen LogP contribution in [0.25, 0.3) is 70.9 Å². The molecule has 5 nitrogen and oxygen atoms in total. The summed E-state index contributed by atoms with van der Waals surface area (Å²) in [7, 11) is 2.02. The molecule has 0 saturated carbocycles. The monoisotopic (exact) mass is 533 g/mol. The number of benzene rings is 4. The van der Waals surface area contributed by atoms with Gasteiger partial charge in [0.25, 0.3) is 0 Å². The van der Waals surface area contributed by atoms with E-state index in [0.717, 1.165) is 54.6 Å². The molecule has 8 rings (SSSR count). The van der Waals surface area contributed by atoms with Gasteiger partial charge in [-0.1, -0.05) is 54.6 Å². The van der Waals surface area contributed by atoms with Crippen LogP contribution in [0.1, 0.15) is 0 Å². The Morgan fingerprint density at radius 2 is 1.55 bits per heavy atom. The normalized spacial score (nSPS) is 11.6. The van der Waals surface area contributed by atoms with Gasteiger partial charge < -0.3 is 9.13 Å². The van der Waals surface area contributed by atoms with Crippen molar-refractivity contribution in [3.8, 4) is 38.9 Å². The molecule has 4 aromatic carbocycles. The number of fused-ring (bicyclic) bond motifs is 4. The Labute approximate surface area is 234 Å². The third-order valence-electron chi connectivity index (χ3n) is 7.47. The molecule has 0 N–H and O–H groups in total. The Kier molecular flexibility index (Phi) is 5.15. The maximum absolute atomic E-state index is 5.14. The highest BCUT2D eigenvalue weighted by Crippen LogP contribution is 2.39. The summed E-state index contributed by atoms with van der Waals surface area (Å²) in [6, 6.07) is 36.3. The Hall–Kier alpha value is -5.07. The minimum Gasteiger partial charge on any atom is -0.334 e. The van der Waals surface area contributed by atoms with E-state index in [1.165, 1.54) is 16.3 Å². The number of aromatic nitrogens is 5. The SMILES string of the molecule is Cn1ccnc1-c1cccc2sc(-c3ccc4c5ccccc5n(-c5cccc(-c6ccccn6)c5)c4c3)nc12. The maximum Gasteiger partial charge on any atom is 0.141 e. The van der Waals surface area contributed by atoms with Crippen molar-refractivity contribution >= 4 is 43.4 Å². The largest absolute Gasteiger partial charge is 0.334 e. The van der Waals surface area contributed by atoms with Crippen molar-refractivity contribution in [1.29, 1.82) is 0 Å². The maximum atomic E-state index is 5.14. The van der Waals surface area contributed by atoms with Gasteiger partial charge in [0.15, 0.2) is 0 Å². The van der Waals surface area contributed by atoms with E-state index >= 15 is 0 Å². The zero-order valence-corrected chi connectivity index (χ0v) is 22.5. The smallest absolute Gasteiger partial charge is 0.141 e. The van der Waals surface area contributed by atoms with Gasteiger partial charge in [0.2, 0.25) is 0 Å². The highest BCUT2D eigenvalue weighted by molar-refractivity contribution is 7.21. The quantitative estimate of drug-likeness (QED) is 0.228. The molecule has 8 aromatic rings. The first-order valence-corrected chi connectivity index (χ1v) is 14.0. The highest BCUT2D eigenvalue weighted by Gasteiger charge is 2.17. The average Bonchev–Trinajstić information content (AvgIpc) is 3.72. The van der Waals surface area contributed by atoms with Gasteiger partial charge in [-0.2, -0.15) is 0 Å². The van der Waals surface area contributed by atoms with Crippen LogP contribution in [0.15, 0.2) is 122 Å². The van der Waals surface area contributed by atoms with Crippen molar-refractivity contribution in [2.45, 2.75) is 0 Å². The number of aryl methyl sites for hydroxylation is 1. The molecule has 0 saturated heterocycles. The van der Waals surface area contributed by atoms with Gasteiger partial charge in [0, 0.05) is 58.8 Å². The molecule has 4 aromatic heterocycles. The molecule has 0 aliphatic rings. The topological polar surface area (TPSA) is 48.5 Å². The standard InChI is InChI=1S/C34H23N5S/c1-38-19-18-36-33(38)27-11-7-14-31-32(27)37-34(40-31)23-15-16-26-25-10-2-3-13-29(25)39(30(26)21-23)24-9-6-8-22(20-24)28-12-4-5-17-35-28/h2-21H,1H3. The first-order chi connectivity index (χ1) is 19.7. The van der Waals surface area contributed by atoms with Crippen molar-refractivity contribution in [2.24, 2.45) is 7.05 Å². The first-order valence-electron chi connectivity index (χ1n) is 13.2. The molecule has 0 atom stereocenters. The van der Waals surface area contributed by atoms with Crippen molar-refractivity contribution in [3.63, 3.8) is 0 Å². The van der Waals surface area contributed by atoms with E-state index in [9.17, 15) is 0 Å². The van der Waals surface area contributed by atoms with Crippen LogP contribution in [0.2, 0.25) is 0 Å². The molecule has 0 fully saturated rings. The third-order valence-corrected chi connectivity index (χ3v) is 8.54. The molecule has 6 heteroatoms. The Morgan fingerprint density at radius 1 is 0.675 bits per heavy atom. The molecule has 4 heterocycles. The van der Waals surface area contributed by atoms with Gasteiger partial charge in [-0.3, -0.25) is 4.98 Å². The van der Waals surface area contributed by atoms with E-state index in [0.29, 0.717) is 0 Å². The summed E-state index contributed by atoms with van der Waals surface area (Å²) >= 11 is 1.72. The van der Waals surface area contributed by atoms with E-state index < -0.39 is 0 Å². The molecule has 0 spiro atoms. The predicted octanol–water partition coefficient (Wildman–Crippen LogP) is 8.52. The van der Waals surface area contributed by atoms with Crippen LogP contribution in [-0.4, -0.2) is 24.1 Å². The van der Waals surface area contributed by atoms with Gasteiger partial charge in [0.05, 0.1) is 26.9 Å². The summed E-state index contributed by atoms with van der Waals surface area (Å²) < 4.78 is 5.55. The van der Waals surface area contributed by atoms with Crippen LogP contribution in [0.5, 0.6) is 0 Å². The van der Waals surface area contributed by atoms with Crippen LogP contribution < -0.4 is 0 Å². The van der Waals surface area contributed by atoms with Crippen LogP contribution in [0, 0.1) is 0 Å². The number of para-hydroxylation sites is 2. The molecule has 0 amide bonds. The number of imidazole rings is 1.